The van der Waals surface area contributed by atoms with Crippen LogP contribution >= 0.6 is 0 Å². The van der Waals surface area contributed by atoms with Gasteiger partial charge in [-0.3, -0.25) is 11.3 Å². The SMILES string of the molecule is CCc1cccc(C(COC(C)C)NN)c1. The van der Waals surface area contributed by atoms with Crippen LogP contribution in [0.2, 0.25) is 0 Å². The van der Waals surface area contributed by atoms with Gasteiger partial charge in [0, 0.05) is 0 Å². The van der Waals surface area contributed by atoms with Gasteiger partial charge in [0.15, 0.2) is 0 Å². The molecule has 0 aliphatic carbocycles. The lowest BCUT2D eigenvalue weighted by Gasteiger charge is -2.18. The van der Waals surface area contributed by atoms with E-state index in [1.807, 2.05) is 13.8 Å². The Bertz CT molecular complexity index is 313. The van der Waals surface area contributed by atoms with Gasteiger partial charge in [0.1, 0.15) is 0 Å². The number of hydrazine groups is 1. The Morgan fingerprint density at radius 3 is 2.69 bits per heavy atom. The van der Waals surface area contributed by atoms with Crippen LogP contribution < -0.4 is 11.3 Å². The van der Waals surface area contributed by atoms with Crippen LogP contribution in [-0.4, -0.2) is 12.7 Å². The molecule has 3 N–H and O–H groups in total. The lowest BCUT2D eigenvalue weighted by molar-refractivity contribution is 0.0611. The second-order valence-electron chi connectivity index (χ2n) is 4.20. The summed E-state index contributed by atoms with van der Waals surface area (Å²) in [4.78, 5) is 0. The Balaban J connectivity index is 2.70. The highest BCUT2D eigenvalue weighted by Gasteiger charge is 2.10. The van der Waals surface area contributed by atoms with E-state index < -0.39 is 0 Å². The molecule has 0 aliphatic heterocycles. The first kappa shape index (κ1) is 13.2. The normalized spacial score (nSPS) is 13.1. The van der Waals surface area contributed by atoms with Crippen molar-refractivity contribution in [3.8, 4) is 0 Å². The highest BCUT2D eigenvalue weighted by Crippen LogP contribution is 2.15. The van der Waals surface area contributed by atoms with E-state index in [1.165, 1.54) is 11.1 Å². The van der Waals surface area contributed by atoms with Gasteiger partial charge in [0.25, 0.3) is 0 Å². The molecule has 0 heterocycles. The molecule has 0 aliphatic rings. The summed E-state index contributed by atoms with van der Waals surface area (Å²) in [6, 6.07) is 8.50. The number of rotatable bonds is 6. The zero-order valence-corrected chi connectivity index (χ0v) is 10.4. The van der Waals surface area contributed by atoms with Gasteiger partial charge in [0.2, 0.25) is 0 Å². The maximum Gasteiger partial charge on any atom is 0.0694 e. The van der Waals surface area contributed by atoms with Gasteiger partial charge >= 0.3 is 0 Å². The predicted molar refractivity (Wildman–Crippen MR) is 67.0 cm³/mol. The fourth-order valence-electron chi connectivity index (χ4n) is 1.56. The molecule has 0 saturated carbocycles. The molecule has 3 heteroatoms. The highest BCUT2D eigenvalue weighted by molar-refractivity contribution is 5.26. The van der Waals surface area contributed by atoms with Crippen molar-refractivity contribution in [3.63, 3.8) is 0 Å². The topological polar surface area (TPSA) is 47.3 Å². The van der Waals surface area contributed by atoms with Gasteiger partial charge in [-0.25, -0.2) is 0 Å². The van der Waals surface area contributed by atoms with E-state index in [0.29, 0.717) is 6.61 Å². The lowest BCUT2D eigenvalue weighted by atomic mass is 10.0. The van der Waals surface area contributed by atoms with Crippen molar-refractivity contribution in [3.05, 3.63) is 35.4 Å². The number of hydrogen-bond donors (Lipinski definition) is 2. The molecule has 1 atom stereocenters. The predicted octanol–water partition coefficient (Wildman–Crippen LogP) is 2.18. The number of hydrogen-bond acceptors (Lipinski definition) is 3. The number of nitrogens with two attached hydrogens (primary N) is 1. The quantitative estimate of drug-likeness (QED) is 0.573. The van der Waals surface area contributed by atoms with E-state index in [2.05, 4.69) is 36.6 Å². The van der Waals surface area contributed by atoms with Crippen molar-refractivity contribution in [2.24, 2.45) is 5.84 Å². The summed E-state index contributed by atoms with van der Waals surface area (Å²) >= 11 is 0. The molecule has 0 spiro atoms. The molecule has 0 aromatic heterocycles. The number of benzene rings is 1. The van der Waals surface area contributed by atoms with Crippen LogP contribution in [0.4, 0.5) is 0 Å². The Kier molecular flexibility index (Phi) is 5.46. The minimum absolute atomic E-state index is 0.0638. The van der Waals surface area contributed by atoms with Crippen LogP contribution in [0.3, 0.4) is 0 Å². The highest BCUT2D eigenvalue weighted by atomic mass is 16.5. The largest absolute Gasteiger partial charge is 0.377 e. The maximum absolute atomic E-state index is 5.58. The van der Waals surface area contributed by atoms with Crippen LogP contribution in [0.25, 0.3) is 0 Å². The monoisotopic (exact) mass is 222 g/mol. The van der Waals surface area contributed by atoms with Crippen LogP contribution in [0, 0.1) is 0 Å². The van der Waals surface area contributed by atoms with Crippen molar-refractivity contribution in [1.82, 2.24) is 5.43 Å². The first-order valence-corrected chi connectivity index (χ1v) is 5.84. The lowest BCUT2D eigenvalue weighted by Crippen LogP contribution is -2.32. The molecule has 0 bridgehead atoms. The molecule has 0 radical (unpaired) electrons. The Labute approximate surface area is 98.0 Å². The van der Waals surface area contributed by atoms with Crippen LogP contribution in [0.15, 0.2) is 24.3 Å². The summed E-state index contributed by atoms with van der Waals surface area (Å²) < 4.78 is 5.58. The Hall–Kier alpha value is -0.900. The maximum atomic E-state index is 5.58. The third-order valence-electron chi connectivity index (χ3n) is 2.56. The van der Waals surface area contributed by atoms with Crippen molar-refractivity contribution in [1.29, 1.82) is 0 Å². The first-order valence-electron chi connectivity index (χ1n) is 5.84. The summed E-state index contributed by atoms with van der Waals surface area (Å²) in [5.41, 5.74) is 5.30. The summed E-state index contributed by atoms with van der Waals surface area (Å²) in [5.74, 6) is 5.55. The second kappa shape index (κ2) is 6.63. The molecule has 0 saturated heterocycles. The van der Waals surface area contributed by atoms with Crippen LogP contribution in [-0.2, 0) is 11.2 Å². The molecule has 3 nitrogen and oxygen atoms in total. The summed E-state index contributed by atoms with van der Waals surface area (Å²) in [5, 5.41) is 0. The average Bonchev–Trinajstić information content (AvgIpc) is 2.30. The van der Waals surface area contributed by atoms with E-state index in [-0.39, 0.29) is 12.1 Å². The molecule has 0 amide bonds. The van der Waals surface area contributed by atoms with Gasteiger partial charge < -0.3 is 4.74 Å². The van der Waals surface area contributed by atoms with E-state index in [4.69, 9.17) is 10.6 Å². The van der Waals surface area contributed by atoms with Gasteiger partial charge in [0.05, 0.1) is 18.8 Å². The van der Waals surface area contributed by atoms with Gasteiger partial charge in [-0.1, -0.05) is 31.2 Å². The van der Waals surface area contributed by atoms with Gasteiger partial charge in [-0.05, 0) is 31.4 Å². The van der Waals surface area contributed by atoms with E-state index >= 15 is 0 Å². The van der Waals surface area contributed by atoms with Crippen LogP contribution in [0.5, 0.6) is 0 Å². The molecular weight excluding hydrogens is 200 g/mol. The summed E-state index contributed by atoms with van der Waals surface area (Å²) in [6.07, 6.45) is 1.26. The molecule has 90 valence electrons. The Morgan fingerprint density at radius 2 is 2.12 bits per heavy atom. The molecule has 16 heavy (non-hydrogen) atoms. The third kappa shape index (κ3) is 3.93. The standard InChI is InChI=1S/C13H22N2O/c1-4-11-6-5-7-12(8-11)13(15-14)9-16-10(2)3/h5-8,10,13,15H,4,9,14H2,1-3H3. The minimum Gasteiger partial charge on any atom is -0.377 e. The number of aryl methyl sites for hydroxylation is 1. The van der Waals surface area contributed by atoms with Crippen molar-refractivity contribution >= 4 is 0 Å². The van der Waals surface area contributed by atoms with Gasteiger partial charge in [-0.2, -0.15) is 0 Å². The minimum atomic E-state index is 0.0638. The van der Waals surface area contributed by atoms with E-state index in [1.54, 1.807) is 0 Å². The number of ether oxygens (including phenoxy) is 1. The van der Waals surface area contributed by atoms with E-state index in [0.717, 1.165) is 6.42 Å². The Morgan fingerprint density at radius 1 is 1.38 bits per heavy atom. The molecular formula is C13H22N2O. The van der Waals surface area contributed by atoms with Crippen molar-refractivity contribution in [2.75, 3.05) is 6.61 Å². The second-order valence-corrected chi connectivity index (χ2v) is 4.20. The molecule has 1 aromatic rings. The fraction of sp³-hybridized carbons (Fsp3) is 0.538. The average molecular weight is 222 g/mol. The van der Waals surface area contributed by atoms with Crippen molar-refractivity contribution < 1.29 is 4.74 Å². The summed E-state index contributed by atoms with van der Waals surface area (Å²) in [7, 11) is 0. The zero-order valence-electron chi connectivity index (χ0n) is 10.4. The zero-order chi connectivity index (χ0) is 12.0. The van der Waals surface area contributed by atoms with Gasteiger partial charge in [-0.15, -0.1) is 0 Å². The fourth-order valence-corrected chi connectivity index (χ4v) is 1.56. The molecule has 0 fully saturated rings. The smallest absolute Gasteiger partial charge is 0.0694 e. The third-order valence-corrected chi connectivity index (χ3v) is 2.56. The molecule has 1 unspecified atom stereocenters. The van der Waals surface area contributed by atoms with Crippen molar-refractivity contribution in [2.45, 2.75) is 39.3 Å². The number of nitrogens with one attached hydrogen (secondary N) is 1. The molecule has 1 aromatic carbocycles. The summed E-state index contributed by atoms with van der Waals surface area (Å²) in [6.45, 7) is 6.79. The first-order chi connectivity index (χ1) is 7.67. The molecule has 1 rings (SSSR count). The van der Waals surface area contributed by atoms with E-state index in [9.17, 15) is 0 Å². The van der Waals surface area contributed by atoms with Crippen LogP contribution in [0.1, 0.15) is 37.9 Å².